The van der Waals surface area contributed by atoms with E-state index in [0.29, 0.717) is 0 Å². The second-order valence-corrected chi connectivity index (χ2v) is 4.69. The van der Waals surface area contributed by atoms with Crippen molar-refractivity contribution in [3.63, 3.8) is 0 Å². The Hall–Kier alpha value is -0.460. The van der Waals surface area contributed by atoms with Crippen molar-refractivity contribution >= 4 is 13.5 Å². The van der Waals surface area contributed by atoms with Crippen molar-refractivity contribution in [2.45, 2.75) is 13.2 Å². The maximum atomic E-state index is 10.9. The fraction of sp³-hybridized carbons (Fsp3) is 0.857. The summed E-state index contributed by atoms with van der Waals surface area (Å²) in [7, 11) is -3.68. The van der Waals surface area contributed by atoms with Crippen molar-refractivity contribution in [1.82, 2.24) is 5.32 Å². The van der Waals surface area contributed by atoms with Gasteiger partial charge in [-0.05, 0) is 0 Å². The molecule has 0 aliphatic carbocycles. The van der Waals surface area contributed by atoms with Gasteiger partial charge in [-0.1, -0.05) is 0 Å². The van der Waals surface area contributed by atoms with E-state index in [4.69, 9.17) is 14.7 Å². The predicted octanol–water partition coefficient (Wildman–Crippen LogP) is -0.711. The predicted molar refractivity (Wildman–Crippen MR) is 52.3 cm³/mol. The minimum Gasteiger partial charge on any atom is -0.394 e. The highest BCUT2D eigenvalue weighted by Crippen LogP contribution is 2.38. The van der Waals surface area contributed by atoms with Gasteiger partial charge in [-0.2, -0.15) is 0 Å². The highest BCUT2D eigenvalue weighted by Gasteiger charge is 2.19. The lowest BCUT2D eigenvalue weighted by molar-refractivity contribution is -0.123. The molecule has 1 unspecified atom stereocenters. The Kier molecular flexibility index (Phi) is 6.71. The lowest BCUT2D eigenvalue weighted by Crippen LogP contribution is -2.34. The van der Waals surface area contributed by atoms with Crippen LogP contribution >= 0.6 is 7.60 Å². The number of carbonyl (C=O) groups is 1. The van der Waals surface area contributed by atoms with Gasteiger partial charge < -0.3 is 20.1 Å². The number of amides is 1. The molecule has 0 saturated carbocycles. The molecule has 0 bridgehead atoms. The molecule has 0 aromatic heterocycles. The lowest BCUT2D eigenvalue weighted by Gasteiger charge is -2.19. The Balaban J connectivity index is 4.06. The molecule has 0 rings (SSSR count). The maximum Gasteiger partial charge on any atom is 0.327 e. The molecule has 0 fully saturated rings. The van der Waals surface area contributed by atoms with Crippen molar-refractivity contribution < 1.29 is 28.6 Å². The molecule has 0 heterocycles. The van der Waals surface area contributed by atoms with Crippen LogP contribution in [0.2, 0.25) is 0 Å². The van der Waals surface area contributed by atoms with Crippen LogP contribution in [0.4, 0.5) is 0 Å². The quantitative estimate of drug-likeness (QED) is 0.401. The minimum atomic E-state index is -3.68. The molecule has 0 aromatic carbocycles. The van der Waals surface area contributed by atoms with Gasteiger partial charge in [0.25, 0.3) is 0 Å². The first-order chi connectivity index (χ1) is 6.85. The monoisotopic (exact) mass is 241 g/mol. The Morgan fingerprint density at radius 3 is 2.60 bits per heavy atom. The highest BCUT2D eigenvalue weighted by molar-refractivity contribution is 7.51. The van der Waals surface area contributed by atoms with Gasteiger partial charge in [0.1, 0.15) is 0 Å². The molecule has 8 heteroatoms. The van der Waals surface area contributed by atoms with Crippen molar-refractivity contribution in [2.24, 2.45) is 0 Å². The Morgan fingerprint density at radius 2 is 2.20 bits per heavy atom. The van der Waals surface area contributed by atoms with Crippen LogP contribution in [-0.2, 0) is 18.6 Å². The Labute approximate surface area is 87.9 Å². The molecular formula is C7H16NO6P. The molecule has 0 aromatic rings. The van der Waals surface area contributed by atoms with E-state index < -0.39 is 13.9 Å². The molecule has 7 nitrogen and oxygen atoms in total. The van der Waals surface area contributed by atoms with E-state index in [9.17, 15) is 9.36 Å². The molecule has 0 radical (unpaired) electrons. The average Bonchev–Trinajstić information content (AvgIpc) is 2.07. The van der Waals surface area contributed by atoms with E-state index in [1.54, 1.807) is 0 Å². The molecule has 3 N–H and O–H groups in total. The third kappa shape index (κ3) is 9.84. The van der Waals surface area contributed by atoms with Crippen LogP contribution in [0.1, 0.15) is 6.92 Å². The summed E-state index contributed by atoms with van der Waals surface area (Å²) in [6.45, 7) is 1.99. The zero-order valence-corrected chi connectivity index (χ0v) is 9.57. The number of nitrogens with one attached hydrogen (secondary N) is 1. The zero-order valence-electron chi connectivity index (χ0n) is 8.67. The summed E-state index contributed by atoms with van der Waals surface area (Å²) in [6, 6.07) is 0. The zero-order chi connectivity index (χ0) is 11.9. The number of hydrogen-bond donors (Lipinski definition) is 3. The summed E-state index contributed by atoms with van der Waals surface area (Å²) < 4.78 is 20.5. The third-order valence-electron chi connectivity index (χ3n) is 1.23. The molecule has 0 spiro atoms. The van der Waals surface area contributed by atoms with Gasteiger partial charge in [0.15, 0.2) is 6.29 Å². The second kappa shape index (κ2) is 6.92. The van der Waals surface area contributed by atoms with E-state index in [1.807, 2.05) is 0 Å². The van der Waals surface area contributed by atoms with Gasteiger partial charge in [0, 0.05) is 13.6 Å². The Bertz CT molecular complexity index is 240. The smallest absolute Gasteiger partial charge is 0.327 e. The van der Waals surface area contributed by atoms with Crippen LogP contribution in [0.5, 0.6) is 0 Å². The lowest BCUT2D eigenvalue weighted by atomic mass is 10.5. The first-order valence-corrected chi connectivity index (χ1v) is 6.33. The largest absolute Gasteiger partial charge is 0.394 e. The normalized spacial score (nSPS) is 16.8. The van der Waals surface area contributed by atoms with Crippen LogP contribution in [0, 0.1) is 0 Å². The molecule has 0 aliphatic heterocycles. The number of ether oxygens (including phenoxy) is 1. The van der Waals surface area contributed by atoms with Crippen LogP contribution < -0.4 is 5.32 Å². The number of carbonyl (C=O) groups excluding carboxylic acids is 1. The Morgan fingerprint density at radius 1 is 1.60 bits per heavy atom. The fourth-order valence-corrected chi connectivity index (χ4v) is 1.33. The number of hydrogen-bond acceptors (Lipinski definition) is 5. The van der Waals surface area contributed by atoms with E-state index in [2.05, 4.69) is 9.84 Å². The molecule has 0 aliphatic rings. The number of aliphatic hydroxyl groups excluding tert-OH is 1. The minimum absolute atomic E-state index is 0.0374. The van der Waals surface area contributed by atoms with Gasteiger partial charge in [0.2, 0.25) is 5.91 Å². The van der Waals surface area contributed by atoms with Crippen molar-refractivity contribution in [3.8, 4) is 0 Å². The van der Waals surface area contributed by atoms with Gasteiger partial charge >= 0.3 is 7.60 Å². The summed E-state index contributed by atoms with van der Waals surface area (Å²) in [5, 5.41) is 10.9. The summed E-state index contributed by atoms with van der Waals surface area (Å²) in [5.41, 5.74) is 0. The first-order valence-electron chi connectivity index (χ1n) is 4.30. The SMILES string of the molecule is CC(=O)NC[C@H](OCCO)OP(C)(=O)O. The molecule has 90 valence electrons. The standard InChI is InChI=1S/C7H16NO6P/c1-6(10)8-5-7(13-4-3-9)14-15(2,11)12/h7,9H,3-5H2,1-2H3,(H,8,10)(H,11,12)/t7-/m1/s1. The van der Waals surface area contributed by atoms with Gasteiger partial charge in [0.05, 0.1) is 19.8 Å². The van der Waals surface area contributed by atoms with Gasteiger partial charge in [-0.3, -0.25) is 13.9 Å². The maximum absolute atomic E-state index is 10.9. The topological polar surface area (TPSA) is 105 Å². The third-order valence-corrected chi connectivity index (χ3v) is 1.85. The van der Waals surface area contributed by atoms with Gasteiger partial charge in [-0.15, -0.1) is 0 Å². The average molecular weight is 241 g/mol. The number of aliphatic hydroxyl groups is 1. The van der Waals surface area contributed by atoms with E-state index in [-0.39, 0.29) is 25.7 Å². The number of rotatable bonds is 7. The van der Waals surface area contributed by atoms with Crippen molar-refractivity contribution in [1.29, 1.82) is 0 Å². The highest BCUT2D eigenvalue weighted by atomic mass is 31.2. The van der Waals surface area contributed by atoms with Crippen LogP contribution in [0.3, 0.4) is 0 Å². The molecule has 2 atom stereocenters. The summed E-state index contributed by atoms with van der Waals surface area (Å²) in [5.74, 6) is -0.305. The summed E-state index contributed by atoms with van der Waals surface area (Å²) >= 11 is 0. The summed E-state index contributed by atoms with van der Waals surface area (Å²) in [4.78, 5) is 19.5. The van der Waals surface area contributed by atoms with Gasteiger partial charge in [-0.25, -0.2) is 0 Å². The molecule has 15 heavy (non-hydrogen) atoms. The first kappa shape index (κ1) is 14.5. The van der Waals surface area contributed by atoms with E-state index in [1.165, 1.54) is 6.92 Å². The van der Waals surface area contributed by atoms with E-state index in [0.717, 1.165) is 6.66 Å². The van der Waals surface area contributed by atoms with Crippen LogP contribution in [0.15, 0.2) is 0 Å². The van der Waals surface area contributed by atoms with Crippen molar-refractivity contribution in [2.75, 3.05) is 26.4 Å². The molecule has 1 amide bonds. The van der Waals surface area contributed by atoms with Crippen LogP contribution in [-0.4, -0.2) is 48.6 Å². The summed E-state index contributed by atoms with van der Waals surface area (Å²) in [6.07, 6.45) is -1.04. The molecule has 0 saturated heterocycles. The van der Waals surface area contributed by atoms with E-state index >= 15 is 0 Å². The second-order valence-electron chi connectivity index (χ2n) is 2.87. The van der Waals surface area contributed by atoms with Crippen LogP contribution in [0.25, 0.3) is 0 Å². The fourth-order valence-electron chi connectivity index (χ4n) is 0.756. The van der Waals surface area contributed by atoms with Crippen molar-refractivity contribution in [3.05, 3.63) is 0 Å². The molecular weight excluding hydrogens is 225 g/mol.